The van der Waals surface area contributed by atoms with E-state index >= 15 is 0 Å². The summed E-state index contributed by atoms with van der Waals surface area (Å²) in [6.45, 7) is 6.57. The quantitative estimate of drug-likeness (QED) is 0.631. The number of amides is 1. The molecular weight excluding hydrogens is 278 g/mol. The lowest BCUT2D eigenvalue weighted by molar-refractivity contribution is 0.0952. The second-order valence-corrected chi connectivity index (χ2v) is 5.13. The molecule has 1 aromatic carbocycles. The zero-order chi connectivity index (χ0) is 15.9. The normalized spacial score (nSPS) is 10.6. The topological polar surface area (TPSA) is 64.0 Å². The Hall–Kier alpha value is -2.43. The second-order valence-electron chi connectivity index (χ2n) is 5.13. The summed E-state index contributed by atoms with van der Waals surface area (Å²) in [5, 5.41) is 8.11. The van der Waals surface area contributed by atoms with E-state index in [9.17, 15) is 9.59 Å². The second kappa shape index (κ2) is 7.54. The van der Waals surface area contributed by atoms with Crippen LogP contribution in [-0.2, 0) is 6.54 Å². The summed E-state index contributed by atoms with van der Waals surface area (Å²) in [4.78, 5) is 24.7. The van der Waals surface area contributed by atoms with E-state index in [0.717, 1.165) is 19.3 Å². The van der Waals surface area contributed by atoms with Gasteiger partial charge >= 0.3 is 0 Å². The number of hydrogen-bond acceptors (Lipinski definition) is 3. The average Bonchev–Trinajstić information content (AvgIpc) is 2.55. The molecule has 0 aliphatic rings. The van der Waals surface area contributed by atoms with Crippen LogP contribution in [0.1, 0.15) is 36.7 Å². The number of aryl methyl sites for hydroxylation is 1. The van der Waals surface area contributed by atoms with Crippen molar-refractivity contribution in [1.29, 1.82) is 0 Å². The third-order valence-corrected chi connectivity index (χ3v) is 3.46. The van der Waals surface area contributed by atoms with E-state index < -0.39 is 0 Å². The Bertz CT molecular complexity index is 734. The van der Waals surface area contributed by atoms with Crippen LogP contribution >= 0.6 is 0 Å². The first-order valence-corrected chi connectivity index (χ1v) is 7.58. The van der Waals surface area contributed by atoms with Gasteiger partial charge in [-0.2, -0.15) is 5.10 Å². The van der Waals surface area contributed by atoms with E-state index in [1.54, 1.807) is 30.3 Å². The number of aromatic nitrogens is 2. The van der Waals surface area contributed by atoms with Gasteiger partial charge in [0, 0.05) is 18.5 Å². The van der Waals surface area contributed by atoms with Crippen LogP contribution in [-0.4, -0.2) is 22.2 Å². The summed E-state index contributed by atoms with van der Waals surface area (Å²) in [6.07, 6.45) is 4.57. The molecule has 0 saturated heterocycles. The first-order chi connectivity index (χ1) is 10.7. The Morgan fingerprint density at radius 1 is 1.32 bits per heavy atom. The highest BCUT2D eigenvalue weighted by molar-refractivity contribution is 6.04. The van der Waals surface area contributed by atoms with Crippen LogP contribution in [0, 0.1) is 0 Å². The molecule has 0 bridgehead atoms. The van der Waals surface area contributed by atoms with Crippen LogP contribution in [0.15, 0.2) is 41.7 Å². The summed E-state index contributed by atoms with van der Waals surface area (Å²) in [6, 6.07) is 7.09. The minimum Gasteiger partial charge on any atom is -0.347 e. The number of fused-ring (bicyclic) bond motifs is 1. The van der Waals surface area contributed by atoms with Gasteiger partial charge in [-0.3, -0.25) is 9.59 Å². The first-order valence-electron chi connectivity index (χ1n) is 7.58. The van der Waals surface area contributed by atoms with Crippen LogP contribution in [0.3, 0.4) is 0 Å². The van der Waals surface area contributed by atoms with Crippen LogP contribution in [0.5, 0.6) is 0 Å². The van der Waals surface area contributed by atoms with Crippen molar-refractivity contribution in [3.05, 3.63) is 53.0 Å². The van der Waals surface area contributed by atoms with Gasteiger partial charge in [-0.1, -0.05) is 44.0 Å². The summed E-state index contributed by atoms with van der Waals surface area (Å²) < 4.78 is 1.40. The molecule has 0 fully saturated rings. The lowest BCUT2D eigenvalue weighted by Gasteiger charge is -2.10. The van der Waals surface area contributed by atoms with Gasteiger partial charge in [-0.25, -0.2) is 4.68 Å². The molecule has 1 amide bonds. The molecular formula is C17H21N3O2. The van der Waals surface area contributed by atoms with Crippen molar-refractivity contribution in [1.82, 2.24) is 15.1 Å². The van der Waals surface area contributed by atoms with Crippen molar-refractivity contribution >= 4 is 16.7 Å². The van der Waals surface area contributed by atoms with E-state index in [-0.39, 0.29) is 17.2 Å². The number of unbranched alkanes of at least 4 members (excludes halogenated alkanes) is 2. The van der Waals surface area contributed by atoms with Crippen molar-refractivity contribution in [2.45, 2.75) is 32.7 Å². The van der Waals surface area contributed by atoms with Gasteiger partial charge in [-0.15, -0.1) is 6.58 Å². The average molecular weight is 299 g/mol. The third-order valence-electron chi connectivity index (χ3n) is 3.46. The van der Waals surface area contributed by atoms with Crippen molar-refractivity contribution < 1.29 is 4.79 Å². The molecule has 0 spiro atoms. The maximum absolute atomic E-state index is 12.5. The fourth-order valence-corrected chi connectivity index (χ4v) is 2.31. The Balaban J connectivity index is 2.48. The monoisotopic (exact) mass is 299 g/mol. The molecule has 0 radical (unpaired) electrons. The van der Waals surface area contributed by atoms with Crippen molar-refractivity contribution in [2.75, 3.05) is 6.54 Å². The molecule has 0 saturated carbocycles. The maximum atomic E-state index is 12.5. The zero-order valence-electron chi connectivity index (χ0n) is 12.8. The number of carbonyl (C=O) groups excluding carboxylic acids is 1. The number of carbonyl (C=O) groups is 1. The highest BCUT2D eigenvalue weighted by Crippen LogP contribution is 2.13. The Morgan fingerprint density at radius 3 is 2.73 bits per heavy atom. The lowest BCUT2D eigenvalue weighted by atomic mass is 10.1. The molecule has 5 nitrogen and oxygen atoms in total. The summed E-state index contributed by atoms with van der Waals surface area (Å²) in [5.41, 5.74) is 0.139. The molecule has 0 unspecified atom stereocenters. The standard InChI is InChI=1S/C17H21N3O2/c1-3-5-8-12-20-17(22)14-10-7-6-9-13(14)15(19-20)16(21)18-11-4-2/h4,6-7,9-10H,2-3,5,8,11-12H2,1H3,(H,18,21). The Kier molecular flexibility index (Phi) is 5.47. The van der Waals surface area contributed by atoms with Gasteiger partial charge in [0.25, 0.3) is 11.5 Å². The van der Waals surface area contributed by atoms with Crippen molar-refractivity contribution in [3.8, 4) is 0 Å². The van der Waals surface area contributed by atoms with Gasteiger partial charge in [0.2, 0.25) is 0 Å². The molecule has 1 N–H and O–H groups in total. The molecule has 0 aliphatic carbocycles. The predicted molar refractivity (Wildman–Crippen MR) is 88.1 cm³/mol. The summed E-state index contributed by atoms with van der Waals surface area (Å²) >= 11 is 0. The molecule has 5 heteroatoms. The molecule has 0 atom stereocenters. The molecule has 0 aliphatic heterocycles. The summed E-state index contributed by atoms with van der Waals surface area (Å²) in [7, 11) is 0. The highest BCUT2D eigenvalue weighted by Gasteiger charge is 2.15. The molecule has 1 heterocycles. The largest absolute Gasteiger partial charge is 0.347 e. The summed E-state index contributed by atoms with van der Waals surface area (Å²) in [5.74, 6) is -0.291. The van der Waals surface area contributed by atoms with Crippen LogP contribution in [0.2, 0.25) is 0 Å². The number of nitrogens with zero attached hydrogens (tertiary/aromatic N) is 2. The van der Waals surface area contributed by atoms with E-state index in [0.29, 0.717) is 23.9 Å². The highest BCUT2D eigenvalue weighted by atomic mass is 16.2. The van der Waals surface area contributed by atoms with Gasteiger partial charge in [0.05, 0.1) is 5.39 Å². The van der Waals surface area contributed by atoms with Crippen LogP contribution in [0.4, 0.5) is 0 Å². The molecule has 116 valence electrons. The number of rotatable bonds is 7. The lowest BCUT2D eigenvalue weighted by Crippen LogP contribution is -2.30. The van der Waals surface area contributed by atoms with Crippen LogP contribution in [0.25, 0.3) is 10.8 Å². The zero-order valence-corrected chi connectivity index (χ0v) is 12.8. The molecule has 2 rings (SSSR count). The van der Waals surface area contributed by atoms with Crippen molar-refractivity contribution in [3.63, 3.8) is 0 Å². The van der Waals surface area contributed by atoms with Gasteiger partial charge in [0.15, 0.2) is 5.69 Å². The minimum absolute atomic E-state index is 0.146. The SMILES string of the molecule is C=CCNC(=O)c1nn(CCCCC)c(=O)c2ccccc12. The van der Waals surface area contributed by atoms with Gasteiger partial charge < -0.3 is 5.32 Å². The molecule has 22 heavy (non-hydrogen) atoms. The van der Waals surface area contributed by atoms with Crippen LogP contribution < -0.4 is 10.9 Å². The van der Waals surface area contributed by atoms with E-state index in [2.05, 4.69) is 23.9 Å². The predicted octanol–water partition coefficient (Wildman–Crippen LogP) is 2.50. The van der Waals surface area contributed by atoms with E-state index in [1.807, 2.05) is 0 Å². The van der Waals surface area contributed by atoms with Gasteiger partial charge in [0.1, 0.15) is 0 Å². The van der Waals surface area contributed by atoms with E-state index in [1.165, 1.54) is 4.68 Å². The van der Waals surface area contributed by atoms with Gasteiger partial charge in [-0.05, 0) is 12.5 Å². The first kappa shape index (κ1) is 15.9. The number of hydrogen-bond donors (Lipinski definition) is 1. The third kappa shape index (κ3) is 3.42. The molecule has 2 aromatic rings. The smallest absolute Gasteiger partial charge is 0.274 e. The van der Waals surface area contributed by atoms with E-state index in [4.69, 9.17) is 0 Å². The number of nitrogens with one attached hydrogen (secondary N) is 1. The maximum Gasteiger partial charge on any atom is 0.274 e. The Labute approximate surface area is 129 Å². The van der Waals surface area contributed by atoms with Crippen molar-refractivity contribution in [2.24, 2.45) is 0 Å². The minimum atomic E-state index is -0.291. The number of benzene rings is 1. The fraction of sp³-hybridized carbons (Fsp3) is 0.353. The molecule has 1 aromatic heterocycles. The Morgan fingerprint density at radius 2 is 2.05 bits per heavy atom. The fourth-order valence-electron chi connectivity index (χ4n) is 2.31.